The van der Waals surface area contributed by atoms with Crippen molar-refractivity contribution in [2.75, 3.05) is 16.3 Å². The number of carbonyl (C=O) groups is 1. The van der Waals surface area contributed by atoms with Gasteiger partial charge in [0.1, 0.15) is 0 Å². The lowest BCUT2D eigenvalue weighted by Crippen LogP contribution is -2.15. The first-order chi connectivity index (χ1) is 10.3. The molecular formula is C15H18N2O3S2. The van der Waals surface area contributed by atoms with Crippen LogP contribution in [0.4, 0.5) is 11.4 Å². The van der Waals surface area contributed by atoms with Crippen LogP contribution in [0.3, 0.4) is 0 Å². The first kappa shape index (κ1) is 16.5. The average molecular weight is 338 g/mol. The first-order valence-electron chi connectivity index (χ1n) is 6.77. The lowest BCUT2D eigenvalue weighted by atomic mass is 10.2. The Kier molecular flexibility index (Phi) is 4.87. The van der Waals surface area contributed by atoms with E-state index in [0.717, 1.165) is 23.1 Å². The molecule has 0 saturated carbocycles. The summed E-state index contributed by atoms with van der Waals surface area (Å²) in [6.07, 6.45) is 1.95. The number of thiophene rings is 1. The van der Waals surface area contributed by atoms with Crippen molar-refractivity contribution in [3.05, 3.63) is 45.6 Å². The van der Waals surface area contributed by atoms with Crippen molar-refractivity contribution in [2.24, 2.45) is 0 Å². The van der Waals surface area contributed by atoms with E-state index in [-0.39, 0.29) is 5.91 Å². The number of hydrogen-bond acceptors (Lipinski definition) is 4. The van der Waals surface area contributed by atoms with Gasteiger partial charge in [0.15, 0.2) is 0 Å². The topological polar surface area (TPSA) is 75.3 Å². The van der Waals surface area contributed by atoms with Gasteiger partial charge < -0.3 is 5.32 Å². The number of rotatable bonds is 5. The fourth-order valence-electron chi connectivity index (χ4n) is 2.05. The molecule has 1 heterocycles. The number of aryl methyl sites for hydroxylation is 2. The molecule has 0 saturated heterocycles. The fourth-order valence-corrected chi connectivity index (χ4v) is 3.63. The minimum absolute atomic E-state index is 0.240. The molecule has 0 radical (unpaired) electrons. The van der Waals surface area contributed by atoms with Crippen LogP contribution in [0, 0.1) is 6.92 Å². The minimum atomic E-state index is -3.41. The van der Waals surface area contributed by atoms with E-state index in [1.54, 1.807) is 24.3 Å². The van der Waals surface area contributed by atoms with Gasteiger partial charge in [-0.05, 0) is 37.1 Å². The number of anilines is 2. The molecule has 0 bridgehead atoms. The molecule has 0 atom stereocenters. The molecule has 0 aliphatic rings. The van der Waals surface area contributed by atoms with Crippen LogP contribution in [0.2, 0.25) is 0 Å². The Bertz CT molecular complexity index is 795. The van der Waals surface area contributed by atoms with E-state index in [4.69, 9.17) is 0 Å². The van der Waals surface area contributed by atoms with Crippen molar-refractivity contribution in [1.29, 1.82) is 0 Å². The molecule has 0 fully saturated rings. The van der Waals surface area contributed by atoms with Crippen molar-refractivity contribution >= 4 is 38.6 Å². The molecule has 0 unspecified atom stereocenters. The van der Waals surface area contributed by atoms with Crippen molar-refractivity contribution < 1.29 is 13.2 Å². The summed E-state index contributed by atoms with van der Waals surface area (Å²) in [5, 5.41) is 2.76. The highest BCUT2D eigenvalue weighted by Crippen LogP contribution is 2.26. The predicted octanol–water partition coefficient (Wildman–Crippen LogP) is 3.24. The number of sulfonamides is 1. The molecule has 118 valence electrons. The number of carbonyl (C=O) groups excluding carboxylic acids is 1. The third kappa shape index (κ3) is 4.08. The zero-order valence-electron chi connectivity index (χ0n) is 12.6. The van der Waals surface area contributed by atoms with Crippen molar-refractivity contribution in [3.63, 3.8) is 0 Å². The second-order valence-corrected chi connectivity index (χ2v) is 7.92. The number of benzene rings is 1. The van der Waals surface area contributed by atoms with Gasteiger partial charge in [0, 0.05) is 4.88 Å². The zero-order valence-corrected chi connectivity index (χ0v) is 14.3. The highest BCUT2D eigenvalue weighted by atomic mass is 32.2. The van der Waals surface area contributed by atoms with Crippen LogP contribution in [-0.2, 0) is 16.4 Å². The van der Waals surface area contributed by atoms with Crippen molar-refractivity contribution in [2.45, 2.75) is 20.3 Å². The Hall–Kier alpha value is -1.86. The van der Waals surface area contributed by atoms with Crippen LogP contribution in [0.15, 0.2) is 30.3 Å². The summed E-state index contributed by atoms with van der Waals surface area (Å²) in [6, 6.07) is 8.58. The van der Waals surface area contributed by atoms with Gasteiger partial charge in [-0.3, -0.25) is 9.52 Å². The standard InChI is InChI=1S/C15H18N2O3S2/c1-4-11-9-14(21-10(11)2)15(18)16-12-7-5-6-8-13(12)17-22(3,19)20/h5-9,17H,4H2,1-3H3,(H,16,18). The average Bonchev–Trinajstić information content (AvgIpc) is 2.80. The normalized spacial score (nSPS) is 11.2. The molecule has 2 aromatic rings. The molecule has 1 amide bonds. The summed E-state index contributed by atoms with van der Waals surface area (Å²) in [5.41, 5.74) is 1.93. The van der Waals surface area contributed by atoms with E-state index in [9.17, 15) is 13.2 Å². The number of hydrogen-bond donors (Lipinski definition) is 2. The molecule has 7 heteroatoms. The molecule has 0 aliphatic heterocycles. The molecule has 2 N–H and O–H groups in total. The minimum Gasteiger partial charge on any atom is -0.319 e. The van der Waals surface area contributed by atoms with Gasteiger partial charge in [0.05, 0.1) is 22.5 Å². The molecule has 0 spiro atoms. The lowest BCUT2D eigenvalue weighted by Gasteiger charge is -2.11. The molecule has 1 aromatic carbocycles. The van der Waals surface area contributed by atoms with Crippen LogP contribution in [0.25, 0.3) is 0 Å². The van der Waals surface area contributed by atoms with Gasteiger partial charge in [-0.2, -0.15) is 0 Å². The summed E-state index contributed by atoms with van der Waals surface area (Å²) >= 11 is 1.43. The first-order valence-corrected chi connectivity index (χ1v) is 9.48. The van der Waals surface area contributed by atoms with E-state index >= 15 is 0 Å². The quantitative estimate of drug-likeness (QED) is 0.879. The fraction of sp³-hybridized carbons (Fsp3) is 0.267. The Morgan fingerprint density at radius 1 is 1.23 bits per heavy atom. The second kappa shape index (κ2) is 6.50. The zero-order chi connectivity index (χ0) is 16.3. The summed E-state index contributed by atoms with van der Waals surface area (Å²) in [4.78, 5) is 14.1. The molecular weight excluding hydrogens is 320 g/mol. The Balaban J connectivity index is 2.24. The highest BCUT2D eigenvalue weighted by Gasteiger charge is 2.14. The van der Waals surface area contributed by atoms with E-state index < -0.39 is 10.0 Å². The van der Waals surface area contributed by atoms with E-state index in [1.165, 1.54) is 11.3 Å². The summed E-state index contributed by atoms with van der Waals surface area (Å²) in [6.45, 7) is 4.03. The molecule has 2 rings (SSSR count). The monoisotopic (exact) mass is 338 g/mol. The van der Waals surface area contributed by atoms with Gasteiger partial charge in [-0.25, -0.2) is 8.42 Å². The summed E-state index contributed by atoms with van der Waals surface area (Å²) < 4.78 is 25.1. The number of nitrogens with one attached hydrogen (secondary N) is 2. The second-order valence-electron chi connectivity index (χ2n) is 4.92. The van der Waals surface area contributed by atoms with Gasteiger partial charge in [0.25, 0.3) is 5.91 Å². The van der Waals surface area contributed by atoms with Gasteiger partial charge in [0.2, 0.25) is 10.0 Å². The van der Waals surface area contributed by atoms with Gasteiger partial charge in [-0.15, -0.1) is 11.3 Å². The molecule has 22 heavy (non-hydrogen) atoms. The maximum Gasteiger partial charge on any atom is 0.265 e. The SMILES string of the molecule is CCc1cc(C(=O)Nc2ccccc2NS(C)(=O)=O)sc1C. The maximum atomic E-state index is 12.3. The smallest absolute Gasteiger partial charge is 0.265 e. The van der Waals surface area contributed by atoms with Gasteiger partial charge >= 0.3 is 0 Å². The molecule has 0 aliphatic carbocycles. The van der Waals surface area contributed by atoms with Crippen molar-refractivity contribution in [1.82, 2.24) is 0 Å². The van der Waals surface area contributed by atoms with Gasteiger partial charge in [-0.1, -0.05) is 19.1 Å². The number of para-hydroxylation sites is 2. The van der Waals surface area contributed by atoms with Crippen LogP contribution in [0.1, 0.15) is 27.0 Å². The summed E-state index contributed by atoms with van der Waals surface area (Å²) in [5.74, 6) is -0.240. The van der Waals surface area contributed by atoms with E-state index in [1.807, 2.05) is 19.9 Å². The van der Waals surface area contributed by atoms with E-state index in [0.29, 0.717) is 16.3 Å². The third-order valence-corrected chi connectivity index (χ3v) is 4.78. The number of amides is 1. The molecule has 1 aromatic heterocycles. The Morgan fingerprint density at radius 2 is 1.86 bits per heavy atom. The Labute approximate surface area is 134 Å². The van der Waals surface area contributed by atoms with Crippen LogP contribution in [0.5, 0.6) is 0 Å². The van der Waals surface area contributed by atoms with Crippen molar-refractivity contribution in [3.8, 4) is 0 Å². The Morgan fingerprint density at radius 3 is 2.41 bits per heavy atom. The maximum absolute atomic E-state index is 12.3. The van der Waals surface area contributed by atoms with Crippen LogP contribution < -0.4 is 10.0 Å². The summed E-state index contributed by atoms with van der Waals surface area (Å²) in [7, 11) is -3.41. The molecule has 5 nitrogen and oxygen atoms in total. The van der Waals surface area contributed by atoms with Crippen LogP contribution >= 0.6 is 11.3 Å². The lowest BCUT2D eigenvalue weighted by molar-refractivity contribution is 0.103. The van der Waals surface area contributed by atoms with E-state index in [2.05, 4.69) is 10.0 Å². The highest BCUT2D eigenvalue weighted by molar-refractivity contribution is 7.92. The van der Waals surface area contributed by atoms with Crippen LogP contribution in [-0.4, -0.2) is 20.6 Å². The third-order valence-electron chi connectivity index (χ3n) is 3.10. The predicted molar refractivity (Wildman–Crippen MR) is 91.3 cm³/mol. The largest absolute Gasteiger partial charge is 0.319 e.